The van der Waals surface area contributed by atoms with E-state index in [1.807, 2.05) is 6.07 Å². The van der Waals surface area contributed by atoms with E-state index in [2.05, 4.69) is 187 Å². The molecule has 0 spiro atoms. The topological polar surface area (TPSA) is 16.4 Å². The Kier molecular flexibility index (Phi) is 6.41. The molecule has 2 nitrogen and oxygen atoms in total. The molecular formula is C50H33NO. The molecule has 2 heteroatoms. The summed E-state index contributed by atoms with van der Waals surface area (Å²) in [4.78, 5) is 2.50. The fourth-order valence-electron chi connectivity index (χ4n) is 9.13. The summed E-state index contributed by atoms with van der Waals surface area (Å²) >= 11 is 0. The van der Waals surface area contributed by atoms with E-state index in [9.17, 15) is 0 Å². The number of furan rings is 1. The van der Waals surface area contributed by atoms with Crippen LogP contribution in [0, 0.1) is 0 Å². The first-order valence-corrected chi connectivity index (χ1v) is 18.1. The zero-order chi connectivity index (χ0) is 34.2. The Bertz CT molecular complexity index is 2770. The molecule has 8 aromatic carbocycles. The van der Waals surface area contributed by atoms with E-state index in [0.29, 0.717) is 0 Å². The van der Waals surface area contributed by atoms with Crippen LogP contribution in [0.15, 0.2) is 192 Å². The largest absolute Gasteiger partial charge is 0.456 e. The molecule has 0 amide bonds. The molecular weight excluding hydrogens is 631 g/mol. The predicted octanol–water partition coefficient (Wildman–Crippen LogP) is 13.4. The van der Waals surface area contributed by atoms with E-state index in [-0.39, 0.29) is 11.8 Å². The third-order valence-electron chi connectivity index (χ3n) is 11.3. The van der Waals surface area contributed by atoms with E-state index in [4.69, 9.17) is 4.42 Å². The molecule has 244 valence electrons. The monoisotopic (exact) mass is 663 g/mol. The van der Waals surface area contributed by atoms with Crippen molar-refractivity contribution in [3.05, 3.63) is 221 Å². The van der Waals surface area contributed by atoms with Gasteiger partial charge in [-0.1, -0.05) is 146 Å². The Labute approximate surface area is 302 Å². The van der Waals surface area contributed by atoms with Crippen LogP contribution in [0.2, 0.25) is 0 Å². The molecule has 0 N–H and O–H groups in total. The van der Waals surface area contributed by atoms with Gasteiger partial charge in [-0.3, -0.25) is 0 Å². The lowest BCUT2D eigenvalue weighted by Crippen LogP contribution is -2.30. The number of anilines is 3. The molecule has 0 fully saturated rings. The summed E-state index contributed by atoms with van der Waals surface area (Å²) < 4.78 is 6.46. The van der Waals surface area contributed by atoms with Gasteiger partial charge < -0.3 is 9.32 Å². The summed E-state index contributed by atoms with van der Waals surface area (Å²) in [7, 11) is 0. The first kappa shape index (κ1) is 29.1. The summed E-state index contributed by atoms with van der Waals surface area (Å²) in [6.07, 6.45) is 0. The van der Waals surface area contributed by atoms with Gasteiger partial charge in [0.05, 0.1) is 11.4 Å². The van der Waals surface area contributed by atoms with Gasteiger partial charge in [0, 0.05) is 33.9 Å². The molecule has 0 saturated carbocycles. The van der Waals surface area contributed by atoms with Gasteiger partial charge >= 0.3 is 0 Å². The van der Waals surface area contributed by atoms with Gasteiger partial charge in [-0.15, -0.1) is 0 Å². The molecule has 0 unspecified atom stereocenters. The van der Waals surface area contributed by atoms with Crippen LogP contribution in [0.5, 0.6) is 0 Å². The molecule has 52 heavy (non-hydrogen) atoms. The van der Waals surface area contributed by atoms with Gasteiger partial charge in [0.1, 0.15) is 11.2 Å². The van der Waals surface area contributed by atoms with Gasteiger partial charge in [0.15, 0.2) is 0 Å². The summed E-state index contributed by atoms with van der Waals surface area (Å²) in [6.45, 7) is 0. The van der Waals surface area contributed by atoms with Gasteiger partial charge in [-0.25, -0.2) is 0 Å². The maximum atomic E-state index is 6.46. The Balaban J connectivity index is 1.23. The molecule has 1 heterocycles. The minimum atomic E-state index is 0.0763. The third kappa shape index (κ3) is 4.25. The lowest BCUT2D eigenvalue weighted by Gasteiger charge is -2.45. The smallest absolute Gasteiger partial charge is 0.136 e. The predicted molar refractivity (Wildman–Crippen MR) is 214 cm³/mol. The Hall–Kier alpha value is -6.64. The highest BCUT2D eigenvalue weighted by Gasteiger charge is 2.44. The van der Waals surface area contributed by atoms with Gasteiger partial charge in [-0.05, 0) is 92.5 Å². The van der Waals surface area contributed by atoms with Crippen LogP contribution in [0.1, 0.15) is 45.2 Å². The third-order valence-corrected chi connectivity index (χ3v) is 11.3. The van der Waals surface area contributed by atoms with Crippen molar-refractivity contribution in [1.29, 1.82) is 0 Å². The molecule has 3 aliphatic carbocycles. The van der Waals surface area contributed by atoms with Gasteiger partial charge in [-0.2, -0.15) is 0 Å². The van der Waals surface area contributed by atoms with Crippen molar-refractivity contribution in [3.63, 3.8) is 0 Å². The second-order valence-electron chi connectivity index (χ2n) is 13.9. The molecule has 3 aliphatic rings. The zero-order valence-electron chi connectivity index (χ0n) is 28.4. The number of rotatable bonds is 5. The van der Waals surface area contributed by atoms with Crippen LogP contribution in [0.4, 0.5) is 17.1 Å². The maximum Gasteiger partial charge on any atom is 0.136 e. The summed E-state index contributed by atoms with van der Waals surface area (Å²) in [5, 5.41) is 2.30. The molecule has 12 rings (SSSR count). The average Bonchev–Trinajstić information content (AvgIpc) is 3.60. The van der Waals surface area contributed by atoms with Crippen LogP contribution in [0.3, 0.4) is 0 Å². The van der Waals surface area contributed by atoms with E-state index in [1.54, 1.807) is 0 Å². The van der Waals surface area contributed by atoms with E-state index >= 15 is 0 Å². The van der Waals surface area contributed by atoms with Crippen molar-refractivity contribution >= 4 is 39.0 Å². The quantitative estimate of drug-likeness (QED) is 0.182. The van der Waals surface area contributed by atoms with Crippen molar-refractivity contribution in [2.45, 2.75) is 11.8 Å². The Morgan fingerprint density at radius 1 is 0.365 bits per heavy atom. The number of benzene rings is 8. The van der Waals surface area contributed by atoms with Crippen molar-refractivity contribution in [2.24, 2.45) is 0 Å². The lowest BCUT2D eigenvalue weighted by molar-refractivity contribution is 0.669. The first-order chi connectivity index (χ1) is 25.8. The Morgan fingerprint density at radius 3 is 1.67 bits per heavy atom. The molecule has 1 aromatic heterocycles. The summed E-state index contributed by atoms with van der Waals surface area (Å²) in [6, 6.07) is 68.6. The fourth-order valence-corrected chi connectivity index (χ4v) is 9.13. The van der Waals surface area contributed by atoms with Gasteiger partial charge in [0.25, 0.3) is 0 Å². The highest BCUT2D eigenvalue weighted by atomic mass is 16.3. The number of hydrogen-bond acceptors (Lipinski definition) is 2. The van der Waals surface area contributed by atoms with Crippen molar-refractivity contribution in [3.8, 4) is 22.3 Å². The first-order valence-electron chi connectivity index (χ1n) is 18.1. The minimum Gasteiger partial charge on any atom is -0.456 e. The average molecular weight is 664 g/mol. The van der Waals surface area contributed by atoms with Crippen LogP contribution in [0.25, 0.3) is 44.2 Å². The van der Waals surface area contributed by atoms with Crippen molar-refractivity contribution < 1.29 is 4.42 Å². The van der Waals surface area contributed by atoms with E-state index in [1.165, 1.54) is 61.3 Å². The van der Waals surface area contributed by atoms with E-state index in [0.717, 1.165) is 33.3 Å². The molecule has 0 aliphatic heterocycles. The van der Waals surface area contributed by atoms with Crippen LogP contribution in [-0.4, -0.2) is 0 Å². The number of nitrogens with zero attached hydrogens (tertiary/aromatic N) is 1. The zero-order valence-corrected chi connectivity index (χ0v) is 28.4. The second kappa shape index (κ2) is 11.4. The fraction of sp³-hybridized carbons (Fsp3) is 0.0400. The molecule has 0 atom stereocenters. The molecule has 0 saturated heterocycles. The number of hydrogen-bond donors (Lipinski definition) is 0. The summed E-state index contributed by atoms with van der Waals surface area (Å²) in [5.74, 6) is 0.170. The summed E-state index contributed by atoms with van der Waals surface area (Å²) in [5.41, 5.74) is 18.5. The van der Waals surface area contributed by atoms with Crippen molar-refractivity contribution in [1.82, 2.24) is 0 Å². The molecule has 0 radical (unpaired) electrons. The maximum absolute atomic E-state index is 6.46. The lowest BCUT2D eigenvalue weighted by atomic mass is 9.59. The van der Waals surface area contributed by atoms with Crippen LogP contribution in [-0.2, 0) is 0 Å². The van der Waals surface area contributed by atoms with Crippen LogP contribution >= 0.6 is 0 Å². The molecule has 2 bridgehead atoms. The Morgan fingerprint density at radius 2 is 0.942 bits per heavy atom. The second-order valence-corrected chi connectivity index (χ2v) is 13.9. The normalized spacial score (nSPS) is 15.3. The van der Waals surface area contributed by atoms with Crippen molar-refractivity contribution in [2.75, 3.05) is 4.90 Å². The SMILES string of the molecule is c1ccc(-c2ccccc2N(c2ccccc2)c2ccc(-c3ccc4c(c3)oc3ccccc34)c3c2C2c4ccccc4C3c3ccccc32)cc1. The van der Waals surface area contributed by atoms with Gasteiger partial charge in [0.2, 0.25) is 0 Å². The van der Waals surface area contributed by atoms with Crippen LogP contribution < -0.4 is 4.90 Å². The van der Waals surface area contributed by atoms with E-state index < -0.39 is 0 Å². The molecule has 9 aromatic rings. The number of para-hydroxylation sites is 3. The highest BCUT2D eigenvalue weighted by molar-refractivity contribution is 6.06. The standard InChI is InChI=1S/C50H33NO/c1-3-15-32(16-4-1)35-19-11-13-25-43(35)51(34-17-5-2-6-18-34)44-30-29-36(33-27-28-38-37-20-12-14-26-45(37)52-46(38)31-33)49-47-39-21-7-9-23-41(39)48(50(44)49)42-24-10-8-22-40(42)47/h1-31,47-48H. The minimum absolute atomic E-state index is 0.0763. The highest BCUT2D eigenvalue weighted by Crippen LogP contribution is 2.61. The number of fused-ring (bicyclic) bond motifs is 3.